The van der Waals surface area contributed by atoms with E-state index in [1.165, 1.54) is 6.08 Å². The molecule has 0 bridgehead atoms. The van der Waals surface area contributed by atoms with Crippen LogP contribution in [0, 0.1) is 5.92 Å². The zero-order chi connectivity index (χ0) is 18.9. The Balaban J connectivity index is 1.87. The Morgan fingerprint density at radius 1 is 1.31 bits per heavy atom. The Bertz CT molecular complexity index is 657. The van der Waals surface area contributed by atoms with Crippen LogP contribution in [0.4, 0.5) is 0 Å². The fourth-order valence-corrected chi connectivity index (χ4v) is 2.96. The largest absolute Gasteiger partial charge is 0.466 e. The van der Waals surface area contributed by atoms with Crippen LogP contribution < -0.4 is 5.32 Å². The quantitative estimate of drug-likeness (QED) is 0.623. The van der Waals surface area contributed by atoms with Crippen LogP contribution in [0.2, 0.25) is 0 Å². The molecular weight excluding hydrogens is 332 g/mol. The van der Waals surface area contributed by atoms with Crippen LogP contribution in [0.15, 0.2) is 36.4 Å². The Kier molecular flexibility index (Phi) is 7.38. The van der Waals surface area contributed by atoms with Gasteiger partial charge in [-0.2, -0.15) is 0 Å². The van der Waals surface area contributed by atoms with Gasteiger partial charge in [0.15, 0.2) is 0 Å². The summed E-state index contributed by atoms with van der Waals surface area (Å²) in [7, 11) is 0. The van der Waals surface area contributed by atoms with E-state index in [2.05, 4.69) is 5.32 Å². The first-order valence-electron chi connectivity index (χ1n) is 9.00. The van der Waals surface area contributed by atoms with E-state index in [0.717, 1.165) is 18.4 Å². The molecule has 1 aliphatic heterocycles. The number of likely N-dealkylation sites (tertiary alicyclic amines) is 1. The second kappa shape index (κ2) is 9.75. The van der Waals surface area contributed by atoms with Gasteiger partial charge >= 0.3 is 5.97 Å². The van der Waals surface area contributed by atoms with Crippen molar-refractivity contribution in [1.82, 2.24) is 10.2 Å². The monoisotopic (exact) mass is 358 g/mol. The molecule has 0 aromatic heterocycles. The van der Waals surface area contributed by atoms with Gasteiger partial charge in [0, 0.05) is 19.2 Å². The summed E-state index contributed by atoms with van der Waals surface area (Å²) in [5.74, 6) is -1.05. The van der Waals surface area contributed by atoms with Gasteiger partial charge in [-0.15, -0.1) is 0 Å². The van der Waals surface area contributed by atoms with Crippen molar-refractivity contribution in [2.24, 2.45) is 5.92 Å². The number of rotatable bonds is 6. The summed E-state index contributed by atoms with van der Waals surface area (Å²) in [4.78, 5) is 38.1. The summed E-state index contributed by atoms with van der Waals surface area (Å²) < 4.78 is 5.05. The molecule has 26 heavy (non-hydrogen) atoms. The molecule has 2 amide bonds. The van der Waals surface area contributed by atoms with Crippen LogP contribution in [-0.2, 0) is 19.1 Å². The third-order valence-electron chi connectivity index (χ3n) is 4.31. The average molecular weight is 358 g/mol. The lowest BCUT2D eigenvalue weighted by Gasteiger charge is -2.33. The zero-order valence-electron chi connectivity index (χ0n) is 15.3. The number of esters is 1. The van der Waals surface area contributed by atoms with Gasteiger partial charge in [0.1, 0.15) is 6.04 Å². The van der Waals surface area contributed by atoms with Crippen molar-refractivity contribution < 1.29 is 19.1 Å². The van der Waals surface area contributed by atoms with Crippen LogP contribution >= 0.6 is 0 Å². The summed E-state index contributed by atoms with van der Waals surface area (Å²) in [6.45, 7) is 4.70. The molecule has 1 aromatic rings. The molecule has 1 heterocycles. The van der Waals surface area contributed by atoms with Crippen LogP contribution in [-0.4, -0.2) is 48.4 Å². The van der Waals surface area contributed by atoms with Gasteiger partial charge in [0.05, 0.1) is 12.5 Å². The molecule has 2 atom stereocenters. The Morgan fingerprint density at radius 3 is 2.73 bits per heavy atom. The highest BCUT2D eigenvalue weighted by Crippen LogP contribution is 2.18. The molecule has 1 aliphatic rings. The summed E-state index contributed by atoms with van der Waals surface area (Å²) in [5.41, 5.74) is 0.912. The lowest BCUT2D eigenvalue weighted by atomic mass is 9.97. The number of ether oxygens (including phenoxy) is 1. The van der Waals surface area contributed by atoms with Crippen LogP contribution in [0.25, 0.3) is 6.08 Å². The number of carbonyl (C=O) groups is 3. The van der Waals surface area contributed by atoms with Crippen molar-refractivity contribution in [3.63, 3.8) is 0 Å². The average Bonchev–Trinajstić information content (AvgIpc) is 2.67. The predicted octanol–water partition coefficient (Wildman–Crippen LogP) is 2.01. The summed E-state index contributed by atoms with van der Waals surface area (Å²) in [6, 6.07) is 8.81. The van der Waals surface area contributed by atoms with E-state index < -0.39 is 6.04 Å². The third-order valence-corrected chi connectivity index (χ3v) is 4.31. The first-order chi connectivity index (χ1) is 12.5. The number of carbonyl (C=O) groups excluding carboxylic acids is 3. The molecule has 140 valence electrons. The van der Waals surface area contributed by atoms with E-state index >= 15 is 0 Å². The standard InChI is InChI=1S/C20H26N2O4/c1-3-26-20(25)17-10-7-13-22(14-17)19(24)15(2)21-18(23)12-11-16-8-5-4-6-9-16/h4-6,8-9,11-12,15,17H,3,7,10,13-14H2,1-2H3,(H,21,23)/b12-11+. The van der Waals surface area contributed by atoms with E-state index in [0.29, 0.717) is 19.7 Å². The molecule has 0 saturated carbocycles. The van der Waals surface area contributed by atoms with Gasteiger partial charge in [-0.05, 0) is 38.3 Å². The third kappa shape index (κ3) is 5.72. The van der Waals surface area contributed by atoms with E-state index in [1.54, 1.807) is 24.8 Å². The summed E-state index contributed by atoms with van der Waals surface area (Å²) >= 11 is 0. The van der Waals surface area contributed by atoms with Crippen molar-refractivity contribution in [3.05, 3.63) is 42.0 Å². The van der Waals surface area contributed by atoms with Crippen LogP contribution in [0.3, 0.4) is 0 Å². The van der Waals surface area contributed by atoms with Crippen molar-refractivity contribution in [2.75, 3.05) is 19.7 Å². The minimum atomic E-state index is -0.649. The van der Waals surface area contributed by atoms with Crippen molar-refractivity contribution >= 4 is 23.9 Å². The molecule has 1 N–H and O–H groups in total. The minimum absolute atomic E-state index is 0.180. The molecule has 2 rings (SSSR count). The van der Waals surface area contributed by atoms with Crippen molar-refractivity contribution in [3.8, 4) is 0 Å². The minimum Gasteiger partial charge on any atom is -0.466 e. The summed E-state index contributed by atoms with van der Waals surface area (Å²) in [5, 5.41) is 2.68. The van der Waals surface area contributed by atoms with E-state index in [9.17, 15) is 14.4 Å². The number of piperidine rings is 1. The molecule has 1 fully saturated rings. The van der Waals surface area contributed by atoms with Gasteiger partial charge in [0.2, 0.25) is 11.8 Å². The topological polar surface area (TPSA) is 75.7 Å². The lowest BCUT2D eigenvalue weighted by Crippen LogP contribution is -2.50. The first kappa shape index (κ1) is 19.7. The van der Waals surface area contributed by atoms with Gasteiger partial charge < -0.3 is 15.0 Å². The Morgan fingerprint density at radius 2 is 2.04 bits per heavy atom. The highest BCUT2D eigenvalue weighted by molar-refractivity contribution is 5.95. The summed E-state index contributed by atoms with van der Waals surface area (Å²) in [6.07, 6.45) is 4.59. The smallest absolute Gasteiger partial charge is 0.310 e. The fraction of sp³-hybridized carbons (Fsp3) is 0.450. The second-order valence-corrected chi connectivity index (χ2v) is 6.35. The Hall–Kier alpha value is -2.63. The number of nitrogens with zero attached hydrogens (tertiary/aromatic N) is 1. The molecule has 0 aliphatic carbocycles. The highest BCUT2D eigenvalue weighted by Gasteiger charge is 2.31. The maximum absolute atomic E-state index is 12.6. The molecule has 6 heteroatoms. The predicted molar refractivity (Wildman–Crippen MR) is 99.0 cm³/mol. The number of amides is 2. The highest BCUT2D eigenvalue weighted by atomic mass is 16.5. The number of hydrogen-bond donors (Lipinski definition) is 1. The normalized spacial score (nSPS) is 18.4. The van der Waals surface area contributed by atoms with Crippen LogP contribution in [0.5, 0.6) is 0 Å². The van der Waals surface area contributed by atoms with Gasteiger partial charge in [-0.25, -0.2) is 0 Å². The second-order valence-electron chi connectivity index (χ2n) is 6.35. The van der Waals surface area contributed by atoms with Gasteiger partial charge in [-0.3, -0.25) is 14.4 Å². The lowest BCUT2D eigenvalue weighted by molar-refractivity contribution is -0.151. The fourth-order valence-electron chi connectivity index (χ4n) is 2.96. The van der Waals surface area contributed by atoms with Crippen LogP contribution in [0.1, 0.15) is 32.3 Å². The molecule has 0 radical (unpaired) electrons. The molecule has 6 nitrogen and oxygen atoms in total. The van der Waals surface area contributed by atoms with Gasteiger partial charge in [0.25, 0.3) is 0 Å². The maximum atomic E-state index is 12.6. The Labute approximate surface area is 154 Å². The van der Waals surface area contributed by atoms with Crippen molar-refractivity contribution in [2.45, 2.75) is 32.7 Å². The number of benzene rings is 1. The van der Waals surface area contributed by atoms with E-state index in [-0.39, 0.29) is 23.7 Å². The van der Waals surface area contributed by atoms with E-state index in [4.69, 9.17) is 4.74 Å². The zero-order valence-corrected chi connectivity index (χ0v) is 15.3. The molecular formula is C20H26N2O4. The number of hydrogen-bond acceptors (Lipinski definition) is 4. The molecule has 0 spiro atoms. The first-order valence-corrected chi connectivity index (χ1v) is 9.00. The maximum Gasteiger partial charge on any atom is 0.310 e. The van der Waals surface area contributed by atoms with Gasteiger partial charge in [-0.1, -0.05) is 30.3 Å². The number of nitrogens with one attached hydrogen (secondary N) is 1. The van der Waals surface area contributed by atoms with E-state index in [1.807, 2.05) is 30.3 Å². The molecule has 2 unspecified atom stereocenters. The molecule has 1 saturated heterocycles. The van der Waals surface area contributed by atoms with Crippen molar-refractivity contribution in [1.29, 1.82) is 0 Å². The molecule has 1 aromatic carbocycles. The SMILES string of the molecule is CCOC(=O)C1CCCN(C(=O)C(C)NC(=O)/C=C/c2ccccc2)C1.